The van der Waals surface area contributed by atoms with Crippen LogP contribution in [0.25, 0.3) is 0 Å². The monoisotopic (exact) mass is 467 g/mol. The standard InChI is InChI=1S/C26H26ClNO5/c1-14-7-10-20-17(11-14)24(30)22-23(15-8-9-19(29)21(12-15)32-2)28(26(31)25(22)33-20)13-16-5-3-4-6-18(16)27/h3-6,8-9,12,14,17,20,23,29H,7,10-11,13H2,1-2H3. The molecule has 0 spiro atoms. The van der Waals surface area contributed by atoms with Crippen LogP contribution in [0.1, 0.15) is 43.4 Å². The number of hydrogen-bond donors (Lipinski definition) is 1. The quantitative estimate of drug-likeness (QED) is 0.699. The van der Waals surface area contributed by atoms with Gasteiger partial charge in [-0.15, -0.1) is 0 Å². The van der Waals surface area contributed by atoms with Crippen LogP contribution in [-0.4, -0.2) is 34.9 Å². The first-order chi connectivity index (χ1) is 15.9. The van der Waals surface area contributed by atoms with Crippen molar-refractivity contribution >= 4 is 23.3 Å². The Morgan fingerprint density at radius 1 is 1.18 bits per heavy atom. The number of carbonyl (C=O) groups is 2. The third-order valence-electron chi connectivity index (χ3n) is 7.02. The lowest BCUT2D eigenvalue weighted by Gasteiger charge is -2.37. The number of phenols is 1. The molecule has 1 fully saturated rings. The number of halogens is 1. The molecule has 0 radical (unpaired) electrons. The van der Waals surface area contributed by atoms with Crippen LogP contribution in [0.3, 0.4) is 0 Å². The van der Waals surface area contributed by atoms with Gasteiger partial charge in [0.25, 0.3) is 5.91 Å². The normalized spacial score (nSPS) is 26.7. The number of rotatable bonds is 4. The maximum Gasteiger partial charge on any atom is 0.290 e. The molecule has 2 aromatic rings. The van der Waals surface area contributed by atoms with E-state index in [1.54, 1.807) is 23.1 Å². The first kappa shape index (κ1) is 21.8. The lowest BCUT2D eigenvalue weighted by atomic mass is 9.74. The van der Waals surface area contributed by atoms with E-state index in [-0.39, 0.29) is 47.5 Å². The second-order valence-corrected chi connectivity index (χ2v) is 9.55. The van der Waals surface area contributed by atoms with Crippen molar-refractivity contribution in [1.82, 2.24) is 4.90 Å². The molecule has 1 amide bonds. The summed E-state index contributed by atoms with van der Waals surface area (Å²) in [5.74, 6) is 0.281. The average Bonchev–Trinajstić information content (AvgIpc) is 3.08. The third-order valence-corrected chi connectivity index (χ3v) is 7.39. The number of ketones is 1. The first-order valence-electron chi connectivity index (χ1n) is 11.2. The molecule has 4 atom stereocenters. The van der Waals surface area contributed by atoms with Gasteiger partial charge in [0, 0.05) is 11.6 Å². The number of fused-ring (bicyclic) bond motifs is 1. The zero-order chi connectivity index (χ0) is 23.3. The topological polar surface area (TPSA) is 76.1 Å². The molecular formula is C26H26ClNO5. The number of hydrogen-bond acceptors (Lipinski definition) is 5. The largest absolute Gasteiger partial charge is 0.504 e. The minimum atomic E-state index is -0.649. The molecule has 2 heterocycles. The fourth-order valence-corrected chi connectivity index (χ4v) is 5.50. The molecule has 4 unspecified atom stereocenters. The van der Waals surface area contributed by atoms with Crippen LogP contribution in [0, 0.1) is 11.8 Å². The summed E-state index contributed by atoms with van der Waals surface area (Å²) >= 11 is 6.41. The maximum atomic E-state index is 13.8. The molecule has 172 valence electrons. The van der Waals surface area contributed by atoms with Gasteiger partial charge in [0.2, 0.25) is 0 Å². The van der Waals surface area contributed by atoms with Gasteiger partial charge in [-0.3, -0.25) is 9.59 Å². The van der Waals surface area contributed by atoms with Crippen LogP contribution in [0.5, 0.6) is 11.5 Å². The SMILES string of the molecule is COc1cc(C2C3=C(OC4CCC(C)CC4C3=O)C(=O)N2Cc2ccccc2Cl)ccc1O. The van der Waals surface area contributed by atoms with Crippen molar-refractivity contribution in [3.05, 3.63) is 69.9 Å². The van der Waals surface area contributed by atoms with Crippen molar-refractivity contribution in [3.8, 4) is 11.5 Å². The Hall–Kier alpha value is -2.99. The van der Waals surface area contributed by atoms with Crippen molar-refractivity contribution in [2.45, 2.75) is 44.9 Å². The molecule has 0 bridgehead atoms. The van der Waals surface area contributed by atoms with Crippen molar-refractivity contribution in [1.29, 1.82) is 0 Å². The van der Waals surface area contributed by atoms with Gasteiger partial charge in [0.15, 0.2) is 23.0 Å². The summed E-state index contributed by atoms with van der Waals surface area (Å²) in [5, 5.41) is 10.7. The van der Waals surface area contributed by atoms with Crippen LogP contribution < -0.4 is 4.74 Å². The van der Waals surface area contributed by atoms with Crippen LogP contribution in [-0.2, 0) is 20.9 Å². The van der Waals surface area contributed by atoms with Crippen molar-refractivity contribution in [2.24, 2.45) is 11.8 Å². The Morgan fingerprint density at radius 3 is 2.73 bits per heavy atom. The maximum absolute atomic E-state index is 13.8. The van der Waals surface area contributed by atoms with Crippen molar-refractivity contribution < 1.29 is 24.2 Å². The van der Waals surface area contributed by atoms with Gasteiger partial charge in [-0.1, -0.05) is 42.8 Å². The highest BCUT2D eigenvalue weighted by atomic mass is 35.5. The minimum Gasteiger partial charge on any atom is -0.504 e. The van der Waals surface area contributed by atoms with Crippen molar-refractivity contribution in [2.75, 3.05) is 7.11 Å². The molecule has 5 rings (SSSR count). The number of aromatic hydroxyl groups is 1. The van der Waals surface area contributed by atoms with Crippen molar-refractivity contribution in [3.63, 3.8) is 0 Å². The zero-order valence-corrected chi connectivity index (χ0v) is 19.3. The van der Waals surface area contributed by atoms with Crippen LogP contribution in [0.15, 0.2) is 53.8 Å². The second-order valence-electron chi connectivity index (χ2n) is 9.15. The average molecular weight is 468 g/mol. The molecule has 6 nitrogen and oxygen atoms in total. The summed E-state index contributed by atoms with van der Waals surface area (Å²) in [6, 6.07) is 11.6. The molecule has 3 aliphatic rings. The van der Waals surface area contributed by atoms with Gasteiger partial charge in [0.1, 0.15) is 6.10 Å². The fraction of sp³-hybridized carbons (Fsp3) is 0.385. The molecule has 2 aliphatic heterocycles. The first-order valence-corrected chi connectivity index (χ1v) is 11.6. The summed E-state index contributed by atoms with van der Waals surface area (Å²) in [7, 11) is 1.47. The molecule has 0 saturated heterocycles. The Kier molecular flexibility index (Phi) is 5.57. The lowest BCUT2D eigenvalue weighted by molar-refractivity contribution is -0.136. The minimum absolute atomic E-state index is 0.00943. The van der Waals surface area contributed by atoms with E-state index in [0.29, 0.717) is 22.1 Å². The Balaban J connectivity index is 1.61. The van der Waals surface area contributed by atoms with E-state index in [0.717, 1.165) is 24.8 Å². The van der Waals surface area contributed by atoms with E-state index in [4.69, 9.17) is 21.1 Å². The van der Waals surface area contributed by atoms with E-state index >= 15 is 0 Å². The summed E-state index contributed by atoms with van der Waals surface area (Å²) in [4.78, 5) is 29.0. The smallest absolute Gasteiger partial charge is 0.290 e. The van der Waals surface area contributed by atoms with Gasteiger partial charge in [-0.25, -0.2) is 0 Å². The fourth-order valence-electron chi connectivity index (χ4n) is 5.31. The van der Waals surface area contributed by atoms with E-state index in [1.165, 1.54) is 13.2 Å². The molecule has 2 aromatic carbocycles. The lowest BCUT2D eigenvalue weighted by Crippen LogP contribution is -2.41. The van der Waals surface area contributed by atoms with Gasteiger partial charge in [0.05, 0.1) is 24.6 Å². The summed E-state index contributed by atoms with van der Waals surface area (Å²) in [6.07, 6.45) is 2.24. The molecule has 7 heteroatoms. The zero-order valence-electron chi connectivity index (χ0n) is 18.6. The Labute approximate surface area is 197 Å². The number of amides is 1. The Bertz CT molecular complexity index is 1160. The van der Waals surface area contributed by atoms with E-state index in [9.17, 15) is 14.7 Å². The number of ether oxygens (including phenoxy) is 2. The molecule has 33 heavy (non-hydrogen) atoms. The van der Waals surface area contributed by atoms with Gasteiger partial charge in [-0.2, -0.15) is 0 Å². The van der Waals surface area contributed by atoms with Gasteiger partial charge in [-0.05, 0) is 54.5 Å². The highest BCUT2D eigenvalue weighted by Gasteiger charge is 2.52. The molecule has 1 saturated carbocycles. The Morgan fingerprint density at radius 2 is 1.97 bits per heavy atom. The third kappa shape index (κ3) is 3.66. The highest BCUT2D eigenvalue weighted by Crippen LogP contribution is 2.49. The highest BCUT2D eigenvalue weighted by molar-refractivity contribution is 6.31. The molecule has 1 aliphatic carbocycles. The summed E-state index contributed by atoms with van der Waals surface area (Å²) in [5.41, 5.74) is 1.85. The number of methoxy groups -OCH3 is 1. The second kappa shape index (κ2) is 8.41. The number of Topliss-reactive ketones (excluding diaryl/α,β-unsaturated/α-hetero) is 1. The predicted molar refractivity (Wildman–Crippen MR) is 123 cm³/mol. The molecule has 1 N–H and O–H groups in total. The number of carbonyl (C=O) groups excluding carboxylic acids is 2. The van der Waals surface area contributed by atoms with Crippen LogP contribution in [0.2, 0.25) is 5.02 Å². The predicted octanol–water partition coefficient (Wildman–Crippen LogP) is 4.80. The van der Waals surface area contributed by atoms with Gasteiger partial charge < -0.3 is 19.5 Å². The number of benzene rings is 2. The number of nitrogens with zero attached hydrogens (tertiary/aromatic N) is 1. The molecular weight excluding hydrogens is 442 g/mol. The van der Waals surface area contributed by atoms with E-state index in [1.807, 2.05) is 18.2 Å². The van der Waals surface area contributed by atoms with Gasteiger partial charge >= 0.3 is 0 Å². The van der Waals surface area contributed by atoms with Crippen LogP contribution in [0.4, 0.5) is 0 Å². The van der Waals surface area contributed by atoms with E-state index < -0.39 is 6.04 Å². The summed E-state index contributed by atoms with van der Waals surface area (Å²) < 4.78 is 11.5. The number of phenolic OH excluding ortho intramolecular Hbond substituents is 1. The van der Waals surface area contributed by atoms with Crippen LogP contribution >= 0.6 is 11.6 Å². The molecule has 0 aromatic heterocycles. The summed E-state index contributed by atoms with van der Waals surface area (Å²) in [6.45, 7) is 2.38. The van der Waals surface area contributed by atoms with E-state index in [2.05, 4.69) is 6.92 Å².